The summed E-state index contributed by atoms with van der Waals surface area (Å²) in [5.41, 5.74) is 4.70. The fraction of sp³-hybridized carbons (Fsp3) is 0.419. The van der Waals surface area contributed by atoms with Crippen LogP contribution in [0.3, 0.4) is 0 Å². The highest BCUT2D eigenvalue weighted by Gasteiger charge is 2.46. The summed E-state index contributed by atoms with van der Waals surface area (Å²) in [5.74, 6) is -1.24. The van der Waals surface area contributed by atoms with Crippen molar-refractivity contribution in [3.8, 4) is 0 Å². The monoisotopic (exact) mass is 754 g/mol. The molecule has 9 rings (SSSR count). The van der Waals surface area contributed by atoms with Crippen LogP contribution in [0.2, 0.25) is 0 Å². The standard InChI is InChI=1S/C43H46N8O5/c1-27(52)50(31-8-6-29(7-9-31)45-42-44-25-28-4-2-3-5-36(28)46-42)32-12-10-30(11-13-32)48-21-18-43(19-22-48)20-23-49(26-43)33-14-15-34-35(24-33)41(56)51(40(34)55)37-16-17-38(53)47-39(37)54/h2-5,10-15,24-25,29,31,37H,6-9,16-23,26H2,1H3,(H,44,45,46)(H,47,53,54). The Labute approximate surface area is 325 Å². The molecule has 4 aromatic rings. The van der Waals surface area contributed by atoms with Crippen LogP contribution in [0.4, 0.5) is 23.0 Å². The Morgan fingerprint density at radius 3 is 2.25 bits per heavy atom. The summed E-state index contributed by atoms with van der Waals surface area (Å²) in [7, 11) is 0. The van der Waals surface area contributed by atoms with Crippen LogP contribution in [0.25, 0.3) is 10.9 Å². The van der Waals surface area contributed by atoms with Gasteiger partial charge in [0.2, 0.25) is 23.7 Å². The molecule has 1 spiro atoms. The van der Waals surface area contributed by atoms with E-state index in [1.54, 1.807) is 19.1 Å². The van der Waals surface area contributed by atoms with Gasteiger partial charge in [-0.1, -0.05) is 18.2 Å². The Balaban J connectivity index is 0.791. The maximum atomic E-state index is 13.4. The van der Waals surface area contributed by atoms with Gasteiger partial charge in [-0.15, -0.1) is 0 Å². The summed E-state index contributed by atoms with van der Waals surface area (Å²) < 4.78 is 0. The number of nitrogens with zero attached hydrogens (tertiary/aromatic N) is 6. The molecular formula is C43H46N8O5. The maximum absolute atomic E-state index is 13.4. The summed E-state index contributed by atoms with van der Waals surface area (Å²) in [6.45, 7) is 5.26. The number of piperidine rings is 2. The fourth-order valence-electron chi connectivity index (χ4n) is 9.63. The van der Waals surface area contributed by atoms with E-state index in [9.17, 15) is 24.0 Å². The van der Waals surface area contributed by atoms with E-state index in [1.807, 2.05) is 41.4 Å². The van der Waals surface area contributed by atoms with Crippen LogP contribution in [-0.4, -0.2) is 88.7 Å². The van der Waals surface area contributed by atoms with Crippen LogP contribution in [-0.2, 0) is 14.4 Å². The molecule has 1 aliphatic carbocycles. The molecule has 4 fully saturated rings. The first kappa shape index (κ1) is 35.8. The maximum Gasteiger partial charge on any atom is 0.262 e. The average molecular weight is 755 g/mol. The molecule has 1 aromatic heterocycles. The van der Waals surface area contributed by atoms with Crippen molar-refractivity contribution in [3.63, 3.8) is 0 Å². The van der Waals surface area contributed by atoms with E-state index < -0.39 is 23.8 Å². The van der Waals surface area contributed by atoms with E-state index in [0.717, 1.165) is 104 Å². The molecule has 5 aliphatic rings. The first-order chi connectivity index (χ1) is 27.1. The smallest absolute Gasteiger partial charge is 0.262 e. The van der Waals surface area contributed by atoms with E-state index in [0.29, 0.717) is 17.1 Å². The number of fused-ring (bicyclic) bond motifs is 2. The lowest BCUT2D eigenvalue weighted by atomic mass is 9.77. The summed E-state index contributed by atoms with van der Waals surface area (Å²) in [5, 5.41) is 6.80. The fourth-order valence-corrected chi connectivity index (χ4v) is 9.63. The number of nitrogens with one attached hydrogen (secondary N) is 2. The molecule has 1 unspecified atom stereocenters. The summed E-state index contributed by atoms with van der Waals surface area (Å²) >= 11 is 0. The predicted octanol–water partition coefficient (Wildman–Crippen LogP) is 5.30. The number of anilines is 4. The van der Waals surface area contributed by atoms with Gasteiger partial charge < -0.3 is 20.0 Å². The molecule has 1 saturated carbocycles. The van der Waals surface area contributed by atoms with Crippen molar-refractivity contribution >= 4 is 63.4 Å². The van der Waals surface area contributed by atoms with E-state index >= 15 is 0 Å². The molecule has 4 aliphatic heterocycles. The number of para-hydroxylation sites is 1. The highest BCUT2D eigenvalue weighted by molar-refractivity contribution is 6.23. The zero-order valence-electron chi connectivity index (χ0n) is 31.6. The normalized spacial score (nSPS) is 23.4. The minimum absolute atomic E-state index is 0.0590. The lowest BCUT2D eigenvalue weighted by Gasteiger charge is -2.41. The van der Waals surface area contributed by atoms with Gasteiger partial charge in [0.1, 0.15) is 6.04 Å². The number of hydrogen-bond acceptors (Lipinski definition) is 10. The molecule has 3 aromatic carbocycles. The van der Waals surface area contributed by atoms with E-state index in [2.05, 4.69) is 54.7 Å². The summed E-state index contributed by atoms with van der Waals surface area (Å²) in [6.07, 6.45) is 8.89. The van der Waals surface area contributed by atoms with Gasteiger partial charge in [-0.25, -0.2) is 9.97 Å². The van der Waals surface area contributed by atoms with E-state index in [1.165, 1.54) is 0 Å². The number of rotatable bonds is 7. The first-order valence-electron chi connectivity index (χ1n) is 19.9. The SMILES string of the molecule is CC(=O)N(c1ccc(N2CCC3(CC2)CCN(c2ccc4c(c2)C(=O)N(C2CCC(=O)NC2=O)C4=O)C3)cc1)C1CCC(Nc2ncc3ccccc3n2)CC1. The number of imide groups is 2. The zero-order valence-corrected chi connectivity index (χ0v) is 31.6. The Morgan fingerprint density at radius 2 is 1.52 bits per heavy atom. The lowest BCUT2D eigenvalue weighted by molar-refractivity contribution is -0.136. The molecule has 13 nitrogen and oxygen atoms in total. The Morgan fingerprint density at radius 1 is 0.821 bits per heavy atom. The second-order valence-electron chi connectivity index (χ2n) is 16.1. The molecule has 5 amide bonds. The van der Waals surface area contributed by atoms with Crippen LogP contribution >= 0.6 is 0 Å². The third kappa shape index (κ3) is 6.62. The van der Waals surface area contributed by atoms with Crippen LogP contribution in [0.1, 0.15) is 85.4 Å². The van der Waals surface area contributed by atoms with Gasteiger partial charge in [0, 0.05) is 80.3 Å². The van der Waals surface area contributed by atoms with Crippen molar-refractivity contribution < 1.29 is 24.0 Å². The lowest BCUT2D eigenvalue weighted by Crippen LogP contribution is -2.54. The molecular weight excluding hydrogens is 709 g/mol. The predicted molar refractivity (Wildman–Crippen MR) is 213 cm³/mol. The quantitative estimate of drug-likeness (QED) is 0.238. The second kappa shape index (κ2) is 14.3. The molecule has 56 heavy (non-hydrogen) atoms. The summed E-state index contributed by atoms with van der Waals surface area (Å²) in [4.78, 5) is 80.7. The molecule has 5 heterocycles. The van der Waals surface area contributed by atoms with Crippen LogP contribution in [0.5, 0.6) is 0 Å². The highest BCUT2D eigenvalue weighted by atomic mass is 16.2. The van der Waals surface area contributed by atoms with Gasteiger partial charge in [0.05, 0.1) is 16.6 Å². The Kier molecular flexibility index (Phi) is 9.17. The third-order valence-corrected chi connectivity index (χ3v) is 12.8. The van der Waals surface area contributed by atoms with Crippen molar-refractivity contribution in [2.45, 2.75) is 82.8 Å². The third-order valence-electron chi connectivity index (χ3n) is 12.8. The van der Waals surface area contributed by atoms with Gasteiger partial charge in [-0.05, 0) is 105 Å². The summed E-state index contributed by atoms with van der Waals surface area (Å²) in [6, 6.07) is 21.3. The molecule has 3 saturated heterocycles. The average Bonchev–Trinajstić information content (AvgIpc) is 3.73. The number of aromatic nitrogens is 2. The van der Waals surface area contributed by atoms with Crippen LogP contribution in [0.15, 0.2) is 72.9 Å². The second-order valence-corrected chi connectivity index (χ2v) is 16.1. The Hall–Kier alpha value is -5.85. The van der Waals surface area contributed by atoms with Gasteiger partial charge in [-0.3, -0.25) is 34.2 Å². The number of amides is 5. The molecule has 288 valence electrons. The first-order valence-corrected chi connectivity index (χ1v) is 19.9. The zero-order chi connectivity index (χ0) is 38.6. The van der Waals surface area contributed by atoms with Crippen molar-refractivity contribution in [1.29, 1.82) is 0 Å². The Bertz CT molecular complexity index is 2230. The van der Waals surface area contributed by atoms with E-state index in [4.69, 9.17) is 0 Å². The molecule has 0 radical (unpaired) electrons. The van der Waals surface area contributed by atoms with Gasteiger partial charge in [0.15, 0.2) is 0 Å². The largest absolute Gasteiger partial charge is 0.371 e. The highest BCUT2D eigenvalue weighted by Crippen LogP contribution is 2.44. The minimum Gasteiger partial charge on any atom is -0.371 e. The topological polar surface area (TPSA) is 148 Å². The minimum atomic E-state index is -0.973. The van der Waals surface area contributed by atoms with Gasteiger partial charge in [0.25, 0.3) is 11.8 Å². The molecule has 0 bridgehead atoms. The molecule has 1 atom stereocenters. The van der Waals surface area contributed by atoms with Crippen molar-refractivity contribution in [2.75, 3.05) is 46.2 Å². The number of hydrogen-bond donors (Lipinski definition) is 2. The van der Waals surface area contributed by atoms with Crippen LogP contribution < -0.4 is 25.3 Å². The van der Waals surface area contributed by atoms with Gasteiger partial charge >= 0.3 is 0 Å². The number of benzene rings is 3. The van der Waals surface area contributed by atoms with Crippen molar-refractivity contribution in [2.24, 2.45) is 5.41 Å². The van der Waals surface area contributed by atoms with Gasteiger partial charge in [-0.2, -0.15) is 0 Å². The molecule has 13 heteroatoms. The van der Waals surface area contributed by atoms with Crippen LogP contribution in [0, 0.1) is 5.41 Å². The van der Waals surface area contributed by atoms with Crippen molar-refractivity contribution in [3.05, 3.63) is 84.1 Å². The molecule has 2 N–H and O–H groups in total. The number of carbonyl (C=O) groups excluding carboxylic acids is 5. The van der Waals surface area contributed by atoms with Crippen molar-refractivity contribution in [1.82, 2.24) is 20.2 Å². The van der Waals surface area contributed by atoms with E-state index in [-0.39, 0.29) is 42.2 Å². The number of carbonyl (C=O) groups is 5.